The van der Waals surface area contributed by atoms with E-state index in [1.165, 1.54) is 0 Å². The molecular formula is C16H18N2OS. The lowest BCUT2D eigenvalue weighted by molar-refractivity contribution is -0.122. The molecule has 2 unspecified atom stereocenters. The van der Waals surface area contributed by atoms with Crippen LogP contribution < -0.4 is 5.32 Å². The number of Topliss-reactive ketones (excluding diaryl/α,β-unsaturated/α-hetero) is 1. The highest BCUT2D eigenvalue weighted by molar-refractivity contribution is 7.10. The molecule has 3 rings (SSSR count). The molecule has 0 bridgehead atoms. The molecule has 1 aliphatic rings. The number of hydrogen-bond donors (Lipinski definition) is 1. The van der Waals surface area contributed by atoms with E-state index in [4.69, 9.17) is 0 Å². The molecule has 1 aliphatic heterocycles. The molecule has 0 amide bonds. The molecule has 2 heterocycles. The molecule has 0 aliphatic carbocycles. The summed E-state index contributed by atoms with van der Waals surface area (Å²) in [4.78, 5) is 16.9. The Hall–Kier alpha value is -1.52. The van der Waals surface area contributed by atoms with Gasteiger partial charge in [0.15, 0.2) is 0 Å². The minimum absolute atomic E-state index is 0.152. The van der Waals surface area contributed by atoms with E-state index in [1.54, 1.807) is 11.3 Å². The van der Waals surface area contributed by atoms with Crippen molar-refractivity contribution in [3.63, 3.8) is 0 Å². The molecule has 1 aromatic heterocycles. The first-order chi connectivity index (χ1) is 9.74. The average molecular weight is 286 g/mol. The van der Waals surface area contributed by atoms with E-state index in [2.05, 4.69) is 17.2 Å². The van der Waals surface area contributed by atoms with Crippen molar-refractivity contribution >= 4 is 17.1 Å². The van der Waals surface area contributed by atoms with E-state index in [9.17, 15) is 4.79 Å². The Balaban J connectivity index is 1.70. The summed E-state index contributed by atoms with van der Waals surface area (Å²) in [6.07, 6.45) is 0.466. The van der Waals surface area contributed by atoms with Crippen LogP contribution in [0.1, 0.15) is 11.9 Å². The van der Waals surface area contributed by atoms with Crippen molar-refractivity contribution in [3.05, 3.63) is 40.7 Å². The third-order valence-electron chi connectivity index (χ3n) is 3.88. The molecule has 20 heavy (non-hydrogen) atoms. The summed E-state index contributed by atoms with van der Waals surface area (Å²) in [6, 6.07) is 10.1. The number of rotatable bonds is 4. The largest absolute Gasteiger partial charge is 0.316 e. The number of hydrogen-bond acceptors (Lipinski definition) is 4. The molecule has 0 radical (unpaired) electrons. The van der Waals surface area contributed by atoms with Gasteiger partial charge in [0.1, 0.15) is 10.8 Å². The number of carbonyl (C=O) groups is 1. The van der Waals surface area contributed by atoms with Crippen molar-refractivity contribution in [2.24, 2.45) is 11.8 Å². The smallest absolute Gasteiger partial charge is 0.144 e. The number of benzene rings is 1. The van der Waals surface area contributed by atoms with Crippen LogP contribution in [-0.2, 0) is 11.2 Å². The second kappa shape index (κ2) is 5.85. The van der Waals surface area contributed by atoms with Crippen LogP contribution >= 0.6 is 11.3 Å². The van der Waals surface area contributed by atoms with Gasteiger partial charge in [0.25, 0.3) is 0 Å². The zero-order valence-corrected chi connectivity index (χ0v) is 12.3. The Bertz CT molecular complexity index is 594. The Labute approximate surface area is 123 Å². The minimum Gasteiger partial charge on any atom is -0.316 e. The van der Waals surface area contributed by atoms with Crippen molar-refractivity contribution in [1.29, 1.82) is 0 Å². The Morgan fingerprint density at radius 2 is 2.15 bits per heavy atom. The summed E-state index contributed by atoms with van der Waals surface area (Å²) in [6.45, 7) is 3.90. The zero-order valence-electron chi connectivity index (χ0n) is 11.5. The van der Waals surface area contributed by atoms with E-state index < -0.39 is 0 Å². The van der Waals surface area contributed by atoms with E-state index in [-0.39, 0.29) is 5.92 Å². The van der Waals surface area contributed by atoms with Gasteiger partial charge in [0.2, 0.25) is 0 Å². The van der Waals surface area contributed by atoms with Gasteiger partial charge in [-0.1, -0.05) is 37.3 Å². The number of aromatic nitrogens is 1. The summed E-state index contributed by atoms with van der Waals surface area (Å²) in [7, 11) is 0. The zero-order chi connectivity index (χ0) is 13.9. The van der Waals surface area contributed by atoms with Gasteiger partial charge in [-0.05, 0) is 12.5 Å². The van der Waals surface area contributed by atoms with Crippen molar-refractivity contribution < 1.29 is 4.79 Å². The fourth-order valence-electron chi connectivity index (χ4n) is 2.65. The molecular weight excluding hydrogens is 268 g/mol. The van der Waals surface area contributed by atoms with Crippen molar-refractivity contribution in [3.8, 4) is 11.3 Å². The monoisotopic (exact) mass is 286 g/mol. The first-order valence-electron chi connectivity index (χ1n) is 6.97. The lowest BCUT2D eigenvalue weighted by Crippen LogP contribution is -2.23. The summed E-state index contributed by atoms with van der Waals surface area (Å²) in [5.41, 5.74) is 2.08. The van der Waals surface area contributed by atoms with Gasteiger partial charge >= 0.3 is 0 Å². The second-order valence-corrected chi connectivity index (χ2v) is 6.32. The van der Waals surface area contributed by atoms with Gasteiger partial charge in [-0.2, -0.15) is 0 Å². The van der Waals surface area contributed by atoms with E-state index >= 15 is 0 Å². The molecule has 1 aromatic carbocycles. The second-order valence-electron chi connectivity index (χ2n) is 5.38. The maximum absolute atomic E-state index is 12.3. The molecule has 0 spiro atoms. The molecule has 104 valence electrons. The van der Waals surface area contributed by atoms with Crippen LogP contribution in [0, 0.1) is 11.8 Å². The van der Waals surface area contributed by atoms with E-state index in [0.29, 0.717) is 18.1 Å². The Morgan fingerprint density at radius 3 is 2.85 bits per heavy atom. The van der Waals surface area contributed by atoms with Gasteiger partial charge in [-0.15, -0.1) is 11.3 Å². The van der Waals surface area contributed by atoms with Crippen LogP contribution in [0.3, 0.4) is 0 Å². The third kappa shape index (κ3) is 2.81. The Morgan fingerprint density at radius 1 is 1.35 bits per heavy atom. The molecule has 2 atom stereocenters. The van der Waals surface area contributed by atoms with E-state index in [1.807, 2.05) is 35.7 Å². The highest BCUT2D eigenvalue weighted by Crippen LogP contribution is 2.24. The van der Waals surface area contributed by atoms with Crippen LogP contribution in [0.2, 0.25) is 0 Å². The molecule has 0 saturated carbocycles. The van der Waals surface area contributed by atoms with Gasteiger partial charge in [-0.25, -0.2) is 4.98 Å². The summed E-state index contributed by atoms with van der Waals surface area (Å²) < 4.78 is 0. The standard InChI is InChI=1S/C16H18N2OS/c1-11-8-17-9-13(11)15(19)7-16-18-14(10-20-16)12-5-3-2-4-6-12/h2-6,10-11,13,17H,7-9H2,1H3. The fourth-order valence-corrected chi connectivity index (χ4v) is 3.47. The maximum atomic E-state index is 12.3. The molecule has 3 nitrogen and oxygen atoms in total. The normalized spacial score (nSPS) is 22.1. The molecule has 1 saturated heterocycles. The van der Waals surface area contributed by atoms with Crippen LogP contribution in [0.4, 0.5) is 0 Å². The van der Waals surface area contributed by atoms with Crippen LogP contribution in [0.15, 0.2) is 35.7 Å². The first-order valence-corrected chi connectivity index (χ1v) is 7.85. The fraction of sp³-hybridized carbons (Fsp3) is 0.375. The first kappa shape index (κ1) is 13.5. The summed E-state index contributed by atoms with van der Waals surface area (Å²) in [5, 5.41) is 6.24. The molecule has 2 aromatic rings. The Kier molecular flexibility index (Phi) is 3.94. The van der Waals surface area contributed by atoms with Crippen LogP contribution in [0.5, 0.6) is 0 Å². The lowest BCUT2D eigenvalue weighted by atomic mass is 9.92. The number of carbonyl (C=O) groups excluding carboxylic acids is 1. The molecule has 4 heteroatoms. The number of nitrogens with zero attached hydrogens (tertiary/aromatic N) is 1. The average Bonchev–Trinajstić information content (AvgIpc) is 3.09. The maximum Gasteiger partial charge on any atom is 0.144 e. The van der Waals surface area contributed by atoms with E-state index in [0.717, 1.165) is 29.4 Å². The van der Waals surface area contributed by atoms with Gasteiger partial charge < -0.3 is 5.32 Å². The topological polar surface area (TPSA) is 42.0 Å². The quantitative estimate of drug-likeness (QED) is 0.939. The lowest BCUT2D eigenvalue weighted by Gasteiger charge is -2.11. The number of ketones is 1. The SMILES string of the molecule is CC1CNCC1C(=O)Cc1nc(-c2ccccc2)cs1. The van der Waals surface area contributed by atoms with Crippen molar-refractivity contribution in [2.45, 2.75) is 13.3 Å². The van der Waals surface area contributed by atoms with Gasteiger partial charge in [-0.3, -0.25) is 4.79 Å². The summed E-state index contributed by atoms with van der Waals surface area (Å²) >= 11 is 1.58. The highest BCUT2D eigenvalue weighted by atomic mass is 32.1. The predicted molar refractivity (Wildman–Crippen MR) is 81.8 cm³/mol. The molecule has 1 N–H and O–H groups in total. The molecule has 1 fully saturated rings. The third-order valence-corrected chi connectivity index (χ3v) is 4.73. The van der Waals surface area contributed by atoms with Crippen LogP contribution in [0.25, 0.3) is 11.3 Å². The van der Waals surface area contributed by atoms with Crippen molar-refractivity contribution in [2.75, 3.05) is 13.1 Å². The summed E-state index contributed by atoms with van der Waals surface area (Å²) in [5.74, 6) is 0.909. The number of thiazole rings is 1. The predicted octanol–water partition coefficient (Wildman–Crippen LogP) is 2.78. The number of nitrogens with one attached hydrogen (secondary N) is 1. The van der Waals surface area contributed by atoms with Crippen molar-refractivity contribution in [1.82, 2.24) is 10.3 Å². The van der Waals surface area contributed by atoms with Crippen LogP contribution in [-0.4, -0.2) is 23.9 Å². The van der Waals surface area contributed by atoms with Gasteiger partial charge in [0, 0.05) is 23.4 Å². The highest BCUT2D eigenvalue weighted by Gasteiger charge is 2.29. The van der Waals surface area contributed by atoms with Gasteiger partial charge in [0.05, 0.1) is 12.1 Å². The minimum atomic E-state index is 0.152.